The highest BCUT2D eigenvalue weighted by Crippen LogP contribution is 2.28. The van der Waals surface area contributed by atoms with Crippen molar-refractivity contribution in [3.05, 3.63) is 58.9 Å². The lowest BCUT2D eigenvalue weighted by Crippen LogP contribution is -2.46. The second-order valence-electron chi connectivity index (χ2n) is 7.68. The number of nitrogens with one attached hydrogen (secondary N) is 2. The van der Waals surface area contributed by atoms with Crippen LogP contribution in [0.25, 0.3) is 11.1 Å². The molecule has 8 nitrogen and oxygen atoms in total. The molecule has 1 aliphatic heterocycles. The molecule has 1 aromatic carbocycles. The van der Waals surface area contributed by atoms with E-state index in [9.17, 15) is 18.0 Å². The van der Waals surface area contributed by atoms with Crippen molar-refractivity contribution in [3.63, 3.8) is 0 Å². The average molecular weight is 461 g/mol. The number of hydrogen-bond donors (Lipinski definition) is 2. The highest BCUT2D eigenvalue weighted by molar-refractivity contribution is 5.69. The Balaban J connectivity index is 1.58. The second kappa shape index (κ2) is 9.49. The number of benzene rings is 1. The Kier molecular flexibility index (Phi) is 6.50. The molecule has 0 aliphatic carbocycles. The number of halogens is 3. The van der Waals surface area contributed by atoms with Gasteiger partial charge >= 0.3 is 6.61 Å². The first kappa shape index (κ1) is 22.6. The summed E-state index contributed by atoms with van der Waals surface area (Å²) in [6.07, 6.45) is 2.97. The van der Waals surface area contributed by atoms with E-state index in [0.29, 0.717) is 30.4 Å². The maximum absolute atomic E-state index is 14.5. The van der Waals surface area contributed by atoms with Crippen molar-refractivity contribution in [1.29, 1.82) is 0 Å². The molecule has 0 unspecified atom stereocenters. The lowest BCUT2D eigenvalue weighted by molar-refractivity contribution is -0.0499. The van der Waals surface area contributed by atoms with E-state index in [2.05, 4.69) is 25.0 Å². The van der Waals surface area contributed by atoms with Crippen LogP contribution >= 0.6 is 0 Å². The minimum absolute atomic E-state index is 0.0286. The molecular weight excluding hydrogens is 439 g/mol. The van der Waals surface area contributed by atoms with Crippen LogP contribution in [0.1, 0.15) is 13.8 Å². The van der Waals surface area contributed by atoms with E-state index in [1.54, 1.807) is 12.3 Å². The van der Waals surface area contributed by atoms with Crippen molar-refractivity contribution in [2.45, 2.75) is 32.7 Å². The summed E-state index contributed by atoms with van der Waals surface area (Å²) in [7, 11) is 0. The molecule has 3 heterocycles. The Morgan fingerprint density at radius 3 is 2.67 bits per heavy atom. The summed E-state index contributed by atoms with van der Waals surface area (Å²) in [5.74, 6) is -0.189. The van der Waals surface area contributed by atoms with Gasteiger partial charge in [0.2, 0.25) is 5.95 Å². The Bertz CT molecular complexity index is 1180. The van der Waals surface area contributed by atoms with Crippen molar-refractivity contribution in [3.8, 4) is 16.9 Å². The fourth-order valence-corrected chi connectivity index (χ4v) is 3.69. The Morgan fingerprint density at radius 2 is 1.97 bits per heavy atom. The topological polar surface area (TPSA) is 92.4 Å². The largest absolute Gasteiger partial charge is 0.435 e. The van der Waals surface area contributed by atoms with E-state index in [1.165, 1.54) is 24.4 Å². The standard InChI is InChI=1S/C22H22F3N5O3/c1-12-10-30(11-13(2)32-12)22-26-6-5-19(29-22)28-18-7-14(9-27-20(18)31)16-4-3-15(8-17(16)23)33-21(24)25/h3-9,12-13,21H,10-11H2,1-2H3,(H,27,31)(H,26,28,29)/t12-,13+. The number of nitrogens with zero attached hydrogens (tertiary/aromatic N) is 3. The molecule has 3 aromatic rings. The van der Waals surface area contributed by atoms with E-state index >= 15 is 0 Å². The van der Waals surface area contributed by atoms with Crippen molar-refractivity contribution in [2.24, 2.45) is 0 Å². The number of anilines is 3. The first-order chi connectivity index (χ1) is 15.8. The van der Waals surface area contributed by atoms with Crippen LogP contribution in [-0.2, 0) is 4.74 Å². The lowest BCUT2D eigenvalue weighted by atomic mass is 10.1. The predicted octanol–water partition coefficient (Wildman–Crippen LogP) is 3.93. The van der Waals surface area contributed by atoms with Crippen molar-refractivity contribution < 1.29 is 22.6 Å². The van der Waals surface area contributed by atoms with Gasteiger partial charge in [0.05, 0.1) is 12.2 Å². The summed E-state index contributed by atoms with van der Waals surface area (Å²) in [5.41, 5.74) is 0.137. The normalized spacial score (nSPS) is 18.4. The van der Waals surface area contributed by atoms with Gasteiger partial charge in [-0.3, -0.25) is 4.79 Å². The molecule has 0 bridgehead atoms. The van der Waals surface area contributed by atoms with Gasteiger partial charge in [-0.2, -0.15) is 13.8 Å². The van der Waals surface area contributed by atoms with Crippen LogP contribution in [0, 0.1) is 5.82 Å². The molecule has 174 valence electrons. The zero-order valence-electron chi connectivity index (χ0n) is 17.9. The van der Waals surface area contributed by atoms with Gasteiger partial charge in [-0.15, -0.1) is 0 Å². The van der Waals surface area contributed by atoms with Crippen LogP contribution in [0.3, 0.4) is 0 Å². The fraction of sp³-hybridized carbons (Fsp3) is 0.318. The summed E-state index contributed by atoms with van der Waals surface area (Å²) >= 11 is 0. The number of rotatable bonds is 6. The molecule has 0 saturated carbocycles. The van der Waals surface area contributed by atoms with E-state index in [-0.39, 0.29) is 29.2 Å². The number of aromatic amines is 1. The minimum Gasteiger partial charge on any atom is -0.435 e. The average Bonchev–Trinajstić information content (AvgIpc) is 2.75. The van der Waals surface area contributed by atoms with E-state index in [1.807, 2.05) is 18.7 Å². The van der Waals surface area contributed by atoms with Gasteiger partial charge in [0, 0.05) is 42.7 Å². The molecule has 11 heteroatoms. The molecule has 0 radical (unpaired) electrons. The van der Waals surface area contributed by atoms with Gasteiger partial charge < -0.3 is 24.7 Å². The van der Waals surface area contributed by atoms with Gasteiger partial charge in [0.1, 0.15) is 23.1 Å². The number of morpholine rings is 1. The molecule has 4 rings (SSSR count). The molecule has 1 saturated heterocycles. The van der Waals surface area contributed by atoms with Crippen molar-refractivity contribution >= 4 is 17.5 Å². The van der Waals surface area contributed by atoms with Crippen LogP contribution in [0.15, 0.2) is 47.5 Å². The van der Waals surface area contributed by atoms with Crippen LogP contribution in [0.5, 0.6) is 5.75 Å². The van der Waals surface area contributed by atoms with Crippen LogP contribution in [-0.4, -0.2) is 46.9 Å². The van der Waals surface area contributed by atoms with Gasteiger partial charge in [0.25, 0.3) is 5.56 Å². The molecule has 1 fully saturated rings. The van der Waals surface area contributed by atoms with E-state index < -0.39 is 18.0 Å². The molecule has 2 N–H and O–H groups in total. The first-order valence-electron chi connectivity index (χ1n) is 10.3. The van der Waals surface area contributed by atoms with Crippen molar-refractivity contribution in [2.75, 3.05) is 23.3 Å². The third kappa shape index (κ3) is 5.43. The second-order valence-corrected chi connectivity index (χ2v) is 7.68. The van der Waals surface area contributed by atoms with Gasteiger partial charge in [-0.25, -0.2) is 9.37 Å². The summed E-state index contributed by atoms with van der Waals surface area (Å²) < 4.78 is 49.1. The molecule has 2 aromatic heterocycles. The number of ether oxygens (including phenoxy) is 2. The van der Waals surface area contributed by atoms with E-state index in [4.69, 9.17) is 4.74 Å². The number of pyridine rings is 1. The summed E-state index contributed by atoms with van der Waals surface area (Å²) in [5, 5.41) is 2.94. The summed E-state index contributed by atoms with van der Waals surface area (Å²) in [6, 6.07) is 6.45. The summed E-state index contributed by atoms with van der Waals surface area (Å²) in [4.78, 5) is 25.7. The third-order valence-corrected chi connectivity index (χ3v) is 4.99. The Labute approximate surface area is 187 Å². The third-order valence-electron chi connectivity index (χ3n) is 4.99. The Morgan fingerprint density at radius 1 is 1.21 bits per heavy atom. The highest BCUT2D eigenvalue weighted by Gasteiger charge is 2.24. The first-order valence-corrected chi connectivity index (χ1v) is 10.3. The molecule has 1 aliphatic rings. The highest BCUT2D eigenvalue weighted by atomic mass is 19.3. The van der Waals surface area contributed by atoms with Gasteiger partial charge in [-0.05, 0) is 38.1 Å². The maximum atomic E-state index is 14.5. The predicted molar refractivity (Wildman–Crippen MR) is 117 cm³/mol. The van der Waals surface area contributed by atoms with Crippen LogP contribution < -0.4 is 20.5 Å². The SMILES string of the molecule is C[C@@H]1CN(c2nccc(Nc3cc(-c4ccc(OC(F)F)cc4F)c[nH]c3=O)n2)C[C@H](C)O1. The Hall–Kier alpha value is -3.60. The zero-order valence-corrected chi connectivity index (χ0v) is 17.9. The van der Waals surface area contributed by atoms with Crippen molar-refractivity contribution in [1.82, 2.24) is 15.0 Å². The number of H-pyrrole nitrogens is 1. The number of hydrogen-bond acceptors (Lipinski definition) is 7. The molecule has 0 amide bonds. The fourth-order valence-electron chi connectivity index (χ4n) is 3.69. The number of aromatic nitrogens is 3. The summed E-state index contributed by atoms with van der Waals surface area (Å²) in [6.45, 7) is 2.16. The monoisotopic (exact) mass is 461 g/mol. The minimum atomic E-state index is -3.05. The molecule has 33 heavy (non-hydrogen) atoms. The quantitative estimate of drug-likeness (QED) is 0.575. The van der Waals surface area contributed by atoms with E-state index in [0.717, 1.165) is 6.07 Å². The molecule has 2 atom stereocenters. The molecular formula is C22H22F3N5O3. The lowest BCUT2D eigenvalue weighted by Gasteiger charge is -2.35. The van der Waals surface area contributed by atoms with Crippen LogP contribution in [0.2, 0.25) is 0 Å². The van der Waals surface area contributed by atoms with Crippen LogP contribution in [0.4, 0.5) is 30.6 Å². The van der Waals surface area contributed by atoms with Gasteiger partial charge in [0.15, 0.2) is 0 Å². The smallest absolute Gasteiger partial charge is 0.387 e. The number of alkyl halides is 2. The van der Waals surface area contributed by atoms with Gasteiger partial charge in [-0.1, -0.05) is 0 Å². The zero-order chi connectivity index (χ0) is 23.5. The maximum Gasteiger partial charge on any atom is 0.387 e. The molecule has 0 spiro atoms.